The number of carbonyl (C=O) groups is 2. The summed E-state index contributed by atoms with van der Waals surface area (Å²) in [6.07, 6.45) is 0. The molecule has 0 spiro atoms. The Morgan fingerprint density at radius 1 is 1.20 bits per heavy atom. The van der Waals surface area contributed by atoms with E-state index in [0.29, 0.717) is 0 Å². The van der Waals surface area contributed by atoms with Crippen molar-refractivity contribution in [1.82, 2.24) is 0 Å². The van der Waals surface area contributed by atoms with E-state index in [-0.39, 0.29) is 21.3 Å². The maximum Gasteiger partial charge on any atom is 0.337 e. The highest BCUT2D eigenvalue weighted by Crippen LogP contribution is 2.27. The van der Waals surface area contributed by atoms with E-state index in [4.69, 9.17) is 14.9 Å². The van der Waals surface area contributed by atoms with Gasteiger partial charge in [-0.3, -0.25) is 0 Å². The van der Waals surface area contributed by atoms with Crippen molar-refractivity contribution in [2.75, 3.05) is 7.11 Å². The Hall–Kier alpha value is -1.56. The summed E-state index contributed by atoms with van der Waals surface area (Å²) < 4.78 is 4.83. The Kier molecular flexibility index (Phi) is 3.31. The summed E-state index contributed by atoms with van der Waals surface area (Å²) in [4.78, 5) is 21.6. The molecular formula is C9H7BrO5. The Balaban J connectivity index is 3.47. The van der Waals surface area contributed by atoms with Crippen molar-refractivity contribution in [2.24, 2.45) is 0 Å². The molecule has 0 aromatic heterocycles. The molecule has 1 aromatic carbocycles. The predicted molar refractivity (Wildman–Crippen MR) is 54.6 cm³/mol. The SMILES string of the molecule is COc1cc(C(=O)O)c(Br)c(C(=O)O)c1. The molecule has 0 bridgehead atoms. The third kappa shape index (κ3) is 2.27. The minimum Gasteiger partial charge on any atom is -0.497 e. The van der Waals surface area contributed by atoms with Crippen LogP contribution in [0.4, 0.5) is 0 Å². The molecule has 0 aliphatic heterocycles. The first-order valence-electron chi connectivity index (χ1n) is 3.81. The molecule has 1 rings (SSSR count). The van der Waals surface area contributed by atoms with Crippen molar-refractivity contribution in [3.05, 3.63) is 27.7 Å². The van der Waals surface area contributed by atoms with E-state index in [9.17, 15) is 9.59 Å². The summed E-state index contributed by atoms with van der Waals surface area (Å²) in [5.41, 5.74) is -0.293. The van der Waals surface area contributed by atoms with Crippen LogP contribution in [-0.2, 0) is 0 Å². The van der Waals surface area contributed by atoms with Gasteiger partial charge in [0.05, 0.1) is 18.2 Å². The molecule has 0 saturated carbocycles. The van der Waals surface area contributed by atoms with Crippen LogP contribution in [0, 0.1) is 0 Å². The van der Waals surface area contributed by atoms with E-state index in [1.807, 2.05) is 0 Å². The fraction of sp³-hybridized carbons (Fsp3) is 0.111. The van der Waals surface area contributed by atoms with E-state index < -0.39 is 11.9 Å². The van der Waals surface area contributed by atoms with Crippen LogP contribution < -0.4 is 4.74 Å². The molecule has 0 amide bonds. The molecule has 0 aliphatic carbocycles. The fourth-order valence-corrected chi connectivity index (χ4v) is 1.60. The maximum atomic E-state index is 10.8. The fourth-order valence-electron chi connectivity index (χ4n) is 1.03. The summed E-state index contributed by atoms with van der Waals surface area (Å²) >= 11 is 2.93. The molecule has 0 saturated heterocycles. The van der Waals surface area contributed by atoms with Gasteiger partial charge in [0.2, 0.25) is 0 Å². The van der Waals surface area contributed by atoms with Gasteiger partial charge in [0, 0.05) is 4.47 Å². The van der Waals surface area contributed by atoms with Crippen molar-refractivity contribution in [2.45, 2.75) is 0 Å². The molecule has 5 nitrogen and oxygen atoms in total. The van der Waals surface area contributed by atoms with Crippen LogP contribution in [0.3, 0.4) is 0 Å². The molecule has 15 heavy (non-hydrogen) atoms. The molecule has 0 heterocycles. The second kappa shape index (κ2) is 4.31. The van der Waals surface area contributed by atoms with Gasteiger partial charge in [-0.1, -0.05) is 0 Å². The average molecular weight is 275 g/mol. The van der Waals surface area contributed by atoms with Gasteiger partial charge in [-0.25, -0.2) is 9.59 Å². The highest BCUT2D eigenvalue weighted by atomic mass is 79.9. The number of hydrogen-bond donors (Lipinski definition) is 2. The number of methoxy groups -OCH3 is 1. The number of ether oxygens (including phenoxy) is 1. The van der Waals surface area contributed by atoms with Gasteiger partial charge in [0.25, 0.3) is 0 Å². The van der Waals surface area contributed by atoms with Gasteiger partial charge < -0.3 is 14.9 Å². The van der Waals surface area contributed by atoms with E-state index in [1.165, 1.54) is 19.2 Å². The number of halogens is 1. The topological polar surface area (TPSA) is 83.8 Å². The van der Waals surface area contributed by atoms with Gasteiger partial charge in [-0.05, 0) is 28.1 Å². The van der Waals surface area contributed by atoms with E-state index >= 15 is 0 Å². The zero-order valence-electron chi connectivity index (χ0n) is 7.65. The number of aromatic carboxylic acids is 2. The van der Waals surface area contributed by atoms with Gasteiger partial charge in [0.15, 0.2) is 0 Å². The lowest BCUT2D eigenvalue weighted by Gasteiger charge is -2.07. The molecule has 0 fully saturated rings. The Bertz CT molecular complexity index is 392. The highest BCUT2D eigenvalue weighted by molar-refractivity contribution is 9.10. The molecule has 1 aromatic rings. The molecule has 6 heteroatoms. The minimum absolute atomic E-state index is 0.0308. The smallest absolute Gasteiger partial charge is 0.337 e. The van der Waals surface area contributed by atoms with Gasteiger partial charge in [-0.15, -0.1) is 0 Å². The average Bonchev–Trinajstić information content (AvgIpc) is 2.17. The standard InChI is InChI=1S/C9H7BrO5/c1-15-4-2-5(8(11)12)7(10)6(3-4)9(13)14/h2-3H,1H3,(H,11,12)(H,13,14). The zero-order valence-corrected chi connectivity index (χ0v) is 9.24. The summed E-state index contributed by atoms with van der Waals surface area (Å²) in [6.45, 7) is 0. The maximum absolute atomic E-state index is 10.8. The number of hydrogen-bond acceptors (Lipinski definition) is 3. The van der Waals surface area contributed by atoms with Crippen LogP contribution in [0.25, 0.3) is 0 Å². The number of benzene rings is 1. The Morgan fingerprint density at radius 2 is 1.60 bits per heavy atom. The van der Waals surface area contributed by atoms with E-state index in [0.717, 1.165) is 0 Å². The normalized spacial score (nSPS) is 9.73. The van der Waals surface area contributed by atoms with Gasteiger partial charge >= 0.3 is 11.9 Å². The Labute approximate surface area is 93.4 Å². The van der Waals surface area contributed by atoms with E-state index in [2.05, 4.69) is 15.9 Å². The molecule has 80 valence electrons. The highest BCUT2D eigenvalue weighted by Gasteiger charge is 2.18. The lowest BCUT2D eigenvalue weighted by Crippen LogP contribution is -2.05. The van der Waals surface area contributed by atoms with Crippen LogP contribution >= 0.6 is 15.9 Å². The van der Waals surface area contributed by atoms with Crippen LogP contribution in [0.1, 0.15) is 20.7 Å². The summed E-state index contributed by atoms with van der Waals surface area (Å²) in [6, 6.07) is 2.50. The largest absolute Gasteiger partial charge is 0.497 e. The minimum atomic E-state index is -1.22. The molecular weight excluding hydrogens is 268 g/mol. The van der Waals surface area contributed by atoms with Crippen molar-refractivity contribution in [3.8, 4) is 5.75 Å². The third-order valence-electron chi connectivity index (χ3n) is 1.74. The number of rotatable bonds is 3. The predicted octanol–water partition coefficient (Wildman–Crippen LogP) is 1.85. The number of carboxylic acid groups (broad SMARTS) is 2. The van der Waals surface area contributed by atoms with Crippen LogP contribution in [-0.4, -0.2) is 29.3 Å². The van der Waals surface area contributed by atoms with Crippen molar-refractivity contribution in [3.63, 3.8) is 0 Å². The third-order valence-corrected chi connectivity index (χ3v) is 2.60. The lowest BCUT2D eigenvalue weighted by molar-refractivity contribution is 0.0695. The second-order valence-electron chi connectivity index (χ2n) is 2.65. The lowest BCUT2D eigenvalue weighted by atomic mass is 10.1. The summed E-state index contributed by atoms with van der Waals surface area (Å²) in [7, 11) is 1.33. The zero-order chi connectivity index (χ0) is 11.6. The molecule has 0 unspecified atom stereocenters. The molecule has 0 radical (unpaired) electrons. The number of carboxylic acids is 2. The quantitative estimate of drug-likeness (QED) is 0.879. The first-order valence-corrected chi connectivity index (χ1v) is 4.60. The summed E-state index contributed by atoms with van der Waals surface area (Å²) in [5, 5.41) is 17.6. The molecule has 0 atom stereocenters. The summed E-state index contributed by atoms with van der Waals surface area (Å²) in [5.74, 6) is -2.25. The monoisotopic (exact) mass is 274 g/mol. The Morgan fingerprint density at radius 3 is 1.87 bits per heavy atom. The van der Waals surface area contributed by atoms with Crippen LogP contribution in [0.2, 0.25) is 0 Å². The first-order chi connectivity index (χ1) is 6.97. The van der Waals surface area contributed by atoms with Crippen molar-refractivity contribution < 1.29 is 24.5 Å². The molecule has 2 N–H and O–H groups in total. The van der Waals surface area contributed by atoms with Crippen LogP contribution in [0.5, 0.6) is 5.75 Å². The van der Waals surface area contributed by atoms with Crippen molar-refractivity contribution in [1.29, 1.82) is 0 Å². The second-order valence-corrected chi connectivity index (χ2v) is 3.44. The first kappa shape index (κ1) is 11.5. The van der Waals surface area contributed by atoms with Gasteiger partial charge in [0.1, 0.15) is 5.75 Å². The van der Waals surface area contributed by atoms with Crippen molar-refractivity contribution >= 4 is 27.9 Å². The molecule has 0 aliphatic rings. The van der Waals surface area contributed by atoms with Gasteiger partial charge in [-0.2, -0.15) is 0 Å². The van der Waals surface area contributed by atoms with Crippen LogP contribution in [0.15, 0.2) is 16.6 Å². The van der Waals surface area contributed by atoms with E-state index in [1.54, 1.807) is 0 Å².